The zero-order valence-corrected chi connectivity index (χ0v) is 19.7. The van der Waals surface area contributed by atoms with Gasteiger partial charge in [0.05, 0.1) is 28.4 Å². The molecule has 5 nitrogen and oxygen atoms in total. The molecule has 0 saturated heterocycles. The predicted molar refractivity (Wildman–Crippen MR) is 132 cm³/mol. The third-order valence-electron chi connectivity index (χ3n) is 5.03. The van der Waals surface area contributed by atoms with Gasteiger partial charge in [0.2, 0.25) is 0 Å². The van der Waals surface area contributed by atoms with Crippen LogP contribution in [0.15, 0.2) is 60.7 Å². The van der Waals surface area contributed by atoms with Crippen LogP contribution in [0.2, 0.25) is 0 Å². The Balaban J connectivity index is 0.00000363. The standard InChI is InChI=1S/C26H29NO4.ClH/c1-28-22-11-6-19(7-12-22)5-10-21-15-24(30-3)16-26(31-4)25(21)18-27-17-20-8-13-23(29-2)14-9-20;/h5-16,27H,17-18H2,1-4H3;1H/b10-5+;. The number of halogens is 1. The molecule has 0 aliphatic carbocycles. The fraction of sp³-hybridized carbons (Fsp3) is 0.231. The molecular weight excluding hydrogens is 426 g/mol. The van der Waals surface area contributed by atoms with Crippen molar-refractivity contribution in [3.63, 3.8) is 0 Å². The van der Waals surface area contributed by atoms with Crippen LogP contribution in [0.25, 0.3) is 12.2 Å². The first-order valence-electron chi connectivity index (χ1n) is 10.1. The van der Waals surface area contributed by atoms with Crippen LogP contribution in [0, 0.1) is 0 Å². The molecule has 0 saturated carbocycles. The molecule has 0 heterocycles. The van der Waals surface area contributed by atoms with Gasteiger partial charge in [0.15, 0.2) is 0 Å². The number of benzene rings is 3. The highest BCUT2D eigenvalue weighted by Crippen LogP contribution is 2.30. The summed E-state index contributed by atoms with van der Waals surface area (Å²) in [6.45, 7) is 1.39. The van der Waals surface area contributed by atoms with Gasteiger partial charge in [-0.05, 0) is 47.0 Å². The van der Waals surface area contributed by atoms with Crippen LogP contribution in [-0.2, 0) is 13.1 Å². The summed E-state index contributed by atoms with van der Waals surface area (Å²) < 4.78 is 21.6. The molecule has 0 aliphatic heterocycles. The lowest BCUT2D eigenvalue weighted by Crippen LogP contribution is -2.14. The molecule has 3 aromatic rings. The Hall–Kier alpha value is -3.15. The first-order valence-corrected chi connectivity index (χ1v) is 10.1. The lowest BCUT2D eigenvalue weighted by atomic mass is 10.0. The minimum absolute atomic E-state index is 0. The molecule has 0 radical (unpaired) electrons. The summed E-state index contributed by atoms with van der Waals surface area (Å²) in [7, 11) is 6.68. The van der Waals surface area contributed by atoms with E-state index in [4.69, 9.17) is 18.9 Å². The van der Waals surface area contributed by atoms with Crippen molar-refractivity contribution < 1.29 is 18.9 Å². The Bertz CT molecular complexity index is 1000. The number of methoxy groups -OCH3 is 4. The monoisotopic (exact) mass is 455 g/mol. The summed E-state index contributed by atoms with van der Waals surface area (Å²) in [5.41, 5.74) is 4.37. The molecular formula is C26H30ClNO4. The molecule has 0 spiro atoms. The normalized spacial score (nSPS) is 10.5. The molecule has 32 heavy (non-hydrogen) atoms. The van der Waals surface area contributed by atoms with E-state index in [-0.39, 0.29) is 12.4 Å². The largest absolute Gasteiger partial charge is 0.497 e. The summed E-state index contributed by atoms with van der Waals surface area (Å²) in [6.07, 6.45) is 4.15. The maximum absolute atomic E-state index is 5.66. The van der Waals surface area contributed by atoms with Crippen LogP contribution >= 0.6 is 12.4 Å². The van der Waals surface area contributed by atoms with Crippen molar-refractivity contribution in [1.29, 1.82) is 0 Å². The Kier molecular flexibility index (Phi) is 9.92. The summed E-state index contributed by atoms with van der Waals surface area (Å²) in [5.74, 6) is 3.23. The second-order valence-corrected chi connectivity index (χ2v) is 6.96. The van der Waals surface area contributed by atoms with Gasteiger partial charge >= 0.3 is 0 Å². The minimum atomic E-state index is 0. The molecule has 0 fully saturated rings. The van der Waals surface area contributed by atoms with E-state index in [0.29, 0.717) is 6.54 Å². The fourth-order valence-electron chi connectivity index (χ4n) is 3.25. The lowest BCUT2D eigenvalue weighted by Gasteiger charge is -2.15. The van der Waals surface area contributed by atoms with Gasteiger partial charge in [-0.1, -0.05) is 36.4 Å². The van der Waals surface area contributed by atoms with E-state index in [1.165, 1.54) is 5.56 Å². The third-order valence-corrected chi connectivity index (χ3v) is 5.03. The van der Waals surface area contributed by atoms with E-state index in [1.807, 2.05) is 48.5 Å². The number of nitrogens with one attached hydrogen (secondary N) is 1. The first kappa shape index (κ1) is 25.1. The van der Waals surface area contributed by atoms with Crippen molar-refractivity contribution in [2.24, 2.45) is 0 Å². The highest BCUT2D eigenvalue weighted by Gasteiger charge is 2.11. The highest BCUT2D eigenvalue weighted by molar-refractivity contribution is 5.85. The van der Waals surface area contributed by atoms with Crippen LogP contribution in [-0.4, -0.2) is 28.4 Å². The van der Waals surface area contributed by atoms with Gasteiger partial charge in [-0.15, -0.1) is 12.4 Å². The highest BCUT2D eigenvalue weighted by atomic mass is 35.5. The van der Waals surface area contributed by atoms with Crippen LogP contribution in [0.1, 0.15) is 22.3 Å². The number of ether oxygens (including phenoxy) is 4. The molecule has 0 aliphatic rings. The molecule has 6 heteroatoms. The number of hydrogen-bond donors (Lipinski definition) is 1. The van der Waals surface area contributed by atoms with Gasteiger partial charge < -0.3 is 24.3 Å². The molecule has 0 bridgehead atoms. The molecule has 0 aromatic heterocycles. The minimum Gasteiger partial charge on any atom is -0.497 e. The second-order valence-electron chi connectivity index (χ2n) is 6.96. The summed E-state index contributed by atoms with van der Waals surface area (Å²) >= 11 is 0. The lowest BCUT2D eigenvalue weighted by molar-refractivity contribution is 0.389. The van der Waals surface area contributed by atoms with Gasteiger partial charge in [0, 0.05) is 24.7 Å². The average Bonchev–Trinajstić information content (AvgIpc) is 2.83. The van der Waals surface area contributed by atoms with Gasteiger partial charge in [0.25, 0.3) is 0 Å². The molecule has 170 valence electrons. The third kappa shape index (κ3) is 6.67. The van der Waals surface area contributed by atoms with E-state index in [9.17, 15) is 0 Å². The number of hydrogen-bond acceptors (Lipinski definition) is 5. The topological polar surface area (TPSA) is 49.0 Å². The van der Waals surface area contributed by atoms with Crippen molar-refractivity contribution in [2.75, 3.05) is 28.4 Å². The predicted octanol–water partition coefficient (Wildman–Crippen LogP) is 5.60. The van der Waals surface area contributed by atoms with E-state index in [1.54, 1.807) is 28.4 Å². The van der Waals surface area contributed by atoms with Crippen molar-refractivity contribution in [3.05, 3.63) is 82.9 Å². The van der Waals surface area contributed by atoms with Crippen LogP contribution in [0.5, 0.6) is 23.0 Å². The molecule has 3 aromatic carbocycles. The molecule has 0 unspecified atom stereocenters. The first-order chi connectivity index (χ1) is 15.2. The van der Waals surface area contributed by atoms with Crippen molar-refractivity contribution >= 4 is 24.6 Å². The second kappa shape index (κ2) is 12.6. The Morgan fingerprint density at radius 2 is 1.25 bits per heavy atom. The zero-order valence-electron chi connectivity index (χ0n) is 18.9. The van der Waals surface area contributed by atoms with Crippen LogP contribution in [0.3, 0.4) is 0 Å². The van der Waals surface area contributed by atoms with Crippen LogP contribution < -0.4 is 24.3 Å². The molecule has 1 N–H and O–H groups in total. The zero-order chi connectivity index (χ0) is 22.1. The van der Waals surface area contributed by atoms with E-state index in [0.717, 1.165) is 46.2 Å². The maximum Gasteiger partial charge on any atom is 0.127 e. The van der Waals surface area contributed by atoms with Gasteiger partial charge in [0.1, 0.15) is 23.0 Å². The quantitative estimate of drug-likeness (QED) is 0.403. The smallest absolute Gasteiger partial charge is 0.127 e. The Morgan fingerprint density at radius 1 is 0.656 bits per heavy atom. The van der Waals surface area contributed by atoms with Crippen molar-refractivity contribution in [1.82, 2.24) is 5.32 Å². The van der Waals surface area contributed by atoms with Gasteiger partial charge in [-0.3, -0.25) is 0 Å². The van der Waals surface area contributed by atoms with Gasteiger partial charge in [-0.2, -0.15) is 0 Å². The van der Waals surface area contributed by atoms with E-state index < -0.39 is 0 Å². The van der Waals surface area contributed by atoms with Crippen LogP contribution in [0.4, 0.5) is 0 Å². The van der Waals surface area contributed by atoms with Crippen molar-refractivity contribution in [2.45, 2.75) is 13.1 Å². The SMILES string of the molecule is COc1ccc(/C=C/c2cc(OC)cc(OC)c2CNCc2ccc(OC)cc2)cc1.Cl. The van der Waals surface area contributed by atoms with E-state index >= 15 is 0 Å². The van der Waals surface area contributed by atoms with Crippen molar-refractivity contribution in [3.8, 4) is 23.0 Å². The fourth-order valence-corrected chi connectivity index (χ4v) is 3.25. The molecule has 0 amide bonds. The summed E-state index contributed by atoms with van der Waals surface area (Å²) in [5, 5.41) is 3.51. The summed E-state index contributed by atoms with van der Waals surface area (Å²) in [4.78, 5) is 0. The van der Waals surface area contributed by atoms with E-state index in [2.05, 4.69) is 29.6 Å². The molecule has 0 atom stereocenters. The number of rotatable bonds is 10. The Labute approximate surface area is 196 Å². The molecule has 3 rings (SSSR count). The average molecular weight is 456 g/mol. The summed E-state index contributed by atoms with van der Waals surface area (Å²) in [6, 6.07) is 19.9. The Morgan fingerprint density at radius 3 is 1.81 bits per heavy atom. The van der Waals surface area contributed by atoms with Gasteiger partial charge in [-0.25, -0.2) is 0 Å². The maximum atomic E-state index is 5.66.